The third-order valence-corrected chi connectivity index (χ3v) is 5.27. The van der Waals surface area contributed by atoms with Gasteiger partial charge in [-0.25, -0.2) is 9.38 Å². The lowest BCUT2D eigenvalue weighted by Gasteiger charge is -2.06. The first kappa shape index (κ1) is 18.1. The highest BCUT2D eigenvalue weighted by atomic mass is 35.5. The van der Waals surface area contributed by atoms with Crippen LogP contribution in [-0.4, -0.2) is 21.8 Å². The summed E-state index contributed by atoms with van der Waals surface area (Å²) in [5, 5.41) is 12.2. The SMILES string of the molecule is CCNC(=O)c1c(C)sc2nc(Cc3cccc(C#N)c3Cl)cc(=O)n12. The van der Waals surface area contributed by atoms with Crippen molar-refractivity contribution in [2.45, 2.75) is 20.3 Å². The number of hydrogen-bond acceptors (Lipinski definition) is 5. The monoisotopic (exact) mass is 386 g/mol. The van der Waals surface area contributed by atoms with E-state index >= 15 is 0 Å². The maximum absolute atomic E-state index is 12.6. The Morgan fingerprint density at radius 2 is 2.23 bits per heavy atom. The first-order valence-corrected chi connectivity index (χ1v) is 9.13. The number of nitrogens with zero attached hydrogens (tertiary/aromatic N) is 3. The maximum Gasteiger partial charge on any atom is 0.269 e. The van der Waals surface area contributed by atoms with Gasteiger partial charge in [-0.2, -0.15) is 5.26 Å². The molecule has 26 heavy (non-hydrogen) atoms. The van der Waals surface area contributed by atoms with Gasteiger partial charge in [0.15, 0.2) is 4.96 Å². The van der Waals surface area contributed by atoms with E-state index in [1.54, 1.807) is 25.1 Å². The van der Waals surface area contributed by atoms with Crippen LogP contribution in [0.25, 0.3) is 4.96 Å². The minimum atomic E-state index is -0.317. The van der Waals surface area contributed by atoms with E-state index in [-0.39, 0.29) is 11.5 Å². The number of carbonyl (C=O) groups excluding carboxylic acids is 1. The number of aromatic nitrogens is 2. The molecule has 3 aromatic rings. The van der Waals surface area contributed by atoms with Crippen LogP contribution in [0, 0.1) is 18.3 Å². The molecule has 0 bridgehead atoms. The van der Waals surface area contributed by atoms with Gasteiger partial charge < -0.3 is 5.32 Å². The van der Waals surface area contributed by atoms with E-state index in [0.717, 1.165) is 10.4 Å². The van der Waals surface area contributed by atoms with E-state index in [4.69, 9.17) is 16.9 Å². The number of halogens is 1. The average molecular weight is 387 g/mol. The van der Waals surface area contributed by atoms with Crippen LogP contribution in [0.2, 0.25) is 5.02 Å². The molecule has 0 aliphatic carbocycles. The third kappa shape index (κ3) is 3.21. The van der Waals surface area contributed by atoms with Crippen molar-refractivity contribution in [3.63, 3.8) is 0 Å². The molecular weight excluding hydrogens is 372 g/mol. The summed E-state index contributed by atoms with van der Waals surface area (Å²) in [6.07, 6.45) is 0.327. The van der Waals surface area contributed by atoms with E-state index < -0.39 is 0 Å². The van der Waals surface area contributed by atoms with E-state index in [2.05, 4.69) is 10.3 Å². The van der Waals surface area contributed by atoms with Crippen LogP contribution >= 0.6 is 22.9 Å². The summed E-state index contributed by atoms with van der Waals surface area (Å²) >= 11 is 7.53. The normalized spacial score (nSPS) is 10.7. The molecule has 0 saturated heterocycles. The van der Waals surface area contributed by atoms with Crippen molar-refractivity contribution in [1.82, 2.24) is 14.7 Å². The lowest BCUT2D eigenvalue weighted by molar-refractivity contribution is 0.0949. The third-order valence-electron chi connectivity index (χ3n) is 3.87. The summed E-state index contributed by atoms with van der Waals surface area (Å²) in [6, 6.07) is 8.62. The molecule has 0 aliphatic heterocycles. The van der Waals surface area contributed by atoms with Crippen molar-refractivity contribution in [3.8, 4) is 6.07 Å². The first-order chi connectivity index (χ1) is 12.5. The molecular formula is C18H15ClN4O2S. The molecule has 1 N–H and O–H groups in total. The minimum Gasteiger partial charge on any atom is -0.351 e. The van der Waals surface area contributed by atoms with Gasteiger partial charge >= 0.3 is 0 Å². The predicted molar refractivity (Wildman–Crippen MR) is 101 cm³/mol. The van der Waals surface area contributed by atoms with Gasteiger partial charge in [-0.1, -0.05) is 23.7 Å². The highest BCUT2D eigenvalue weighted by molar-refractivity contribution is 7.17. The Bertz CT molecular complexity index is 1110. The van der Waals surface area contributed by atoms with Gasteiger partial charge in [0.1, 0.15) is 11.8 Å². The van der Waals surface area contributed by atoms with E-state index in [9.17, 15) is 9.59 Å². The molecule has 6 nitrogen and oxygen atoms in total. The Morgan fingerprint density at radius 1 is 1.46 bits per heavy atom. The zero-order valence-electron chi connectivity index (χ0n) is 14.2. The number of aryl methyl sites for hydroxylation is 1. The summed E-state index contributed by atoms with van der Waals surface area (Å²) in [6.45, 7) is 4.08. The van der Waals surface area contributed by atoms with Crippen molar-refractivity contribution >= 4 is 33.8 Å². The molecule has 2 aromatic heterocycles. The van der Waals surface area contributed by atoms with Crippen molar-refractivity contribution in [2.75, 3.05) is 6.54 Å². The Morgan fingerprint density at radius 3 is 2.92 bits per heavy atom. The van der Waals surface area contributed by atoms with Crippen molar-refractivity contribution in [1.29, 1.82) is 5.26 Å². The average Bonchev–Trinajstić information content (AvgIpc) is 2.93. The topological polar surface area (TPSA) is 87.3 Å². The highest BCUT2D eigenvalue weighted by Crippen LogP contribution is 2.24. The lowest BCUT2D eigenvalue weighted by atomic mass is 10.1. The number of rotatable bonds is 4. The van der Waals surface area contributed by atoms with Crippen LogP contribution in [0.1, 0.15) is 39.1 Å². The number of nitriles is 1. The Kier molecular flexibility index (Phi) is 5.07. The molecule has 132 valence electrons. The van der Waals surface area contributed by atoms with E-state index in [1.807, 2.05) is 13.0 Å². The summed E-state index contributed by atoms with van der Waals surface area (Å²) in [7, 11) is 0. The highest BCUT2D eigenvalue weighted by Gasteiger charge is 2.19. The molecule has 8 heteroatoms. The molecule has 0 aliphatic rings. The number of benzene rings is 1. The van der Waals surface area contributed by atoms with Gasteiger partial charge in [0.2, 0.25) is 0 Å². The number of thiazole rings is 1. The molecule has 0 spiro atoms. The van der Waals surface area contributed by atoms with Crippen LogP contribution in [0.4, 0.5) is 0 Å². The van der Waals surface area contributed by atoms with Crippen LogP contribution in [0.3, 0.4) is 0 Å². The van der Waals surface area contributed by atoms with E-state index in [0.29, 0.717) is 39.9 Å². The second-order valence-corrected chi connectivity index (χ2v) is 7.20. The second kappa shape index (κ2) is 7.28. The quantitative estimate of drug-likeness (QED) is 0.746. The molecule has 0 atom stereocenters. The van der Waals surface area contributed by atoms with Crippen LogP contribution in [-0.2, 0) is 6.42 Å². The Labute approximate surface area is 158 Å². The summed E-state index contributed by atoms with van der Waals surface area (Å²) in [5.41, 5.74) is 1.64. The number of fused-ring (bicyclic) bond motifs is 1. The van der Waals surface area contributed by atoms with Gasteiger partial charge in [-0.3, -0.25) is 9.59 Å². The molecule has 0 unspecified atom stereocenters. The second-order valence-electron chi connectivity index (χ2n) is 5.64. The Balaban J connectivity index is 2.07. The number of carbonyl (C=O) groups is 1. The molecule has 1 aromatic carbocycles. The van der Waals surface area contributed by atoms with Crippen molar-refractivity contribution in [2.24, 2.45) is 0 Å². The smallest absolute Gasteiger partial charge is 0.269 e. The molecule has 2 heterocycles. The summed E-state index contributed by atoms with van der Waals surface area (Å²) in [4.78, 5) is 30.5. The standard InChI is InChI=1S/C18H15ClN4O2S/c1-3-21-17(25)16-10(2)26-18-22-13(8-14(24)23(16)18)7-11-5-4-6-12(9-20)15(11)19/h4-6,8H,3,7H2,1-2H3,(H,21,25). The first-order valence-electron chi connectivity index (χ1n) is 7.94. The van der Waals surface area contributed by atoms with Crippen LogP contribution < -0.4 is 10.9 Å². The maximum atomic E-state index is 12.6. The summed E-state index contributed by atoms with van der Waals surface area (Å²) in [5.74, 6) is -0.294. The minimum absolute atomic E-state index is 0.294. The predicted octanol–water partition coefficient (Wildman–Crippen LogP) is 2.93. The van der Waals surface area contributed by atoms with Gasteiger partial charge in [-0.15, -0.1) is 11.3 Å². The van der Waals surface area contributed by atoms with Crippen LogP contribution in [0.5, 0.6) is 0 Å². The van der Waals surface area contributed by atoms with E-state index in [1.165, 1.54) is 21.8 Å². The molecule has 0 radical (unpaired) electrons. The fourth-order valence-electron chi connectivity index (χ4n) is 2.72. The lowest BCUT2D eigenvalue weighted by Crippen LogP contribution is -2.28. The van der Waals surface area contributed by atoms with Gasteiger partial charge in [0.25, 0.3) is 11.5 Å². The molecule has 1 amide bonds. The van der Waals surface area contributed by atoms with Crippen LogP contribution in [0.15, 0.2) is 29.1 Å². The largest absolute Gasteiger partial charge is 0.351 e. The van der Waals surface area contributed by atoms with Gasteiger partial charge in [0, 0.05) is 23.9 Å². The van der Waals surface area contributed by atoms with Gasteiger partial charge in [0.05, 0.1) is 16.3 Å². The molecule has 0 saturated carbocycles. The fourth-order valence-corrected chi connectivity index (χ4v) is 3.94. The molecule has 3 rings (SSSR count). The summed E-state index contributed by atoms with van der Waals surface area (Å²) < 4.78 is 1.34. The number of hydrogen-bond donors (Lipinski definition) is 1. The van der Waals surface area contributed by atoms with Crippen molar-refractivity contribution in [3.05, 3.63) is 67.0 Å². The molecule has 0 fully saturated rings. The van der Waals surface area contributed by atoms with Crippen molar-refractivity contribution < 1.29 is 4.79 Å². The Hall–Kier alpha value is -2.69. The number of amides is 1. The zero-order chi connectivity index (χ0) is 18.8. The van der Waals surface area contributed by atoms with Gasteiger partial charge in [-0.05, 0) is 25.5 Å². The fraction of sp³-hybridized carbons (Fsp3) is 0.222. The zero-order valence-corrected chi connectivity index (χ0v) is 15.7. The number of nitrogens with one attached hydrogen (secondary N) is 1.